The Labute approximate surface area is 105 Å². The molecule has 90 valence electrons. The van der Waals surface area contributed by atoms with Crippen LogP contribution in [0.15, 0.2) is 24.3 Å². The minimum Gasteiger partial charge on any atom is -0.321 e. The van der Waals surface area contributed by atoms with Crippen molar-refractivity contribution in [3.63, 3.8) is 0 Å². The normalized spacial score (nSPS) is 13.2. The molecular formula is C13H16N2OS. The summed E-state index contributed by atoms with van der Waals surface area (Å²) in [6.45, 7) is 4.12. The Morgan fingerprint density at radius 2 is 2.12 bits per heavy atom. The number of hydrogen-bond donors (Lipinski definition) is 1. The lowest BCUT2D eigenvalue weighted by atomic mass is 10.0. The SMILES string of the molecule is CC(C)C[C@H](N)C(=O)c1nc2ccccc2s1. The van der Waals surface area contributed by atoms with E-state index in [1.807, 2.05) is 24.3 Å². The van der Waals surface area contributed by atoms with Gasteiger partial charge in [-0.3, -0.25) is 4.79 Å². The van der Waals surface area contributed by atoms with E-state index in [-0.39, 0.29) is 5.78 Å². The lowest BCUT2D eigenvalue weighted by Crippen LogP contribution is -2.31. The zero-order valence-corrected chi connectivity index (χ0v) is 10.8. The molecule has 4 heteroatoms. The molecule has 0 aliphatic carbocycles. The second-order valence-corrected chi connectivity index (χ2v) is 5.62. The Hall–Kier alpha value is -1.26. The molecule has 0 aliphatic heterocycles. The van der Waals surface area contributed by atoms with Crippen LogP contribution in [0, 0.1) is 5.92 Å². The third-order valence-electron chi connectivity index (χ3n) is 2.57. The number of nitrogens with two attached hydrogens (primary N) is 1. The molecule has 2 aromatic rings. The maximum absolute atomic E-state index is 12.1. The van der Waals surface area contributed by atoms with E-state index in [2.05, 4.69) is 18.8 Å². The van der Waals surface area contributed by atoms with Gasteiger partial charge in [-0.2, -0.15) is 0 Å². The molecule has 17 heavy (non-hydrogen) atoms. The number of hydrogen-bond acceptors (Lipinski definition) is 4. The lowest BCUT2D eigenvalue weighted by molar-refractivity contribution is 0.0951. The molecule has 0 amide bonds. The van der Waals surface area contributed by atoms with Gasteiger partial charge in [-0.1, -0.05) is 26.0 Å². The smallest absolute Gasteiger partial charge is 0.208 e. The number of rotatable bonds is 4. The maximum atomic E-state index is 12.1. The summed E-state index contributed by atoms with van der Waals surface area (Å²) in [5.41, 5.74) is 6.76. The highest BCUT2D eigenvalue weighted by Crippen LogP contribution is 2.23. The molecule has 0 unspecified atom stereocenters. The fraction of sp³-hybridized carbons (Fsp3) is 0.385. The van der Waals surface area contributed by atoms with Crippen LogP contribution in [0.2, 0.25) is 0 Å². The van der Waals surface area contributed by atoms with Crippen molar-refractivity contribution in [1.82, 2.24) is 4.98 Å². The molecule has 2 rings (SSSR count). The summed E-state index contributed by atoms with van der Waals surface area (Å²) in [4.78, 5) is 16.4. The number of carbonyl (C=O) groups excluding carboxylic acids is 1. The monoisotopic (exact) mass is 248 g/mol. The van der Waals surface area contributed by atoms with E-state index < -0.39 is 6.04 Å². The van der Waals surface area contributed by atoms with E-state index >= 15 is 0 Å². The van der Waals surface area contributed by atoms with Gasteiger partial charge in [0.2, 0.25) is 5.78 Å². The van der Waals surface area contributed by atoms with Gasteiger partial charge in [0, 0.05) is 0 Å². The molecule has 0 aliphatic rings. The van der Waals surface area contributed by atoms with Crippen LogP contribution in [-0.2, 0) is 0 Å². The van der Waals surface area contributed by atoms with Crippen molar-refractivity contribution in [2.24, 2.45) is 11.7 Å². The lowest BCUT2D eigenvalue weighted by Gasteiger charge is -2.10. The molecule has 0 fully saturated rings. The maximum Gasteiger partial charge on any atom is 0.208 e. The Morgan fingerprint density at radius 1 is 1.41 bits per heavy atom. The molecule has 2 N–H and O–H groups in total. The highest BCUT2D eigenvalue weighted by atomic mass is 32.1. The number of Topliss-reactive ketones (excluding diaryl/α,β-unsaturated/α-hetero) is 1. The van der Waals surface area contributed by atoms with Crippen molar-refractivity contribution in [1.29, 1.82) is 0 Å². The van der Waals surface area contributed by atoms with E-state index in [0.717, 1.165) is 10.2 Å². The molecule has 1 heterocycles. The molecule has 1 aromatic carbocycles. The molecule has 3 nitrogen and oxygen atoms in total. The minimum atomic E-state index is -0.435. The van der Waals surface area contributed by atoms with E-state index in [0.29, 0.717) is 17.3 Å². The third kappa shape index (κ3) is 2.70. The zero-order valence-electron chi connectivity index (χ0n) is 10.0. The first kappa shape index (κ1) is 12.2. The highest BCUT2D eigenvalue weighted by molar-refractivity contribution is 7.20. The van der Waals surface area contributed by atoms with Crippen LogP contribution in [-0.4, -0.2) is 16.8 Å². The number of ketones is 1. The van der Waals surface area contributed by atoms with Crippen molar-refractivity contribution in [2.75, 3.05) is 0 Å². The van der Waals surface area contributed by atoms with Gasteiger partial charge < -0.3 is 5.73 Å². The fourth-order valence-corrected chi connectivity index (χ4v) is 2.72. The Morgan fingerprint density at radius 3 is 2.76 bits per heavy atom. The number of nitrogens with zero attached hydrogens (tertiary/aromatic N) is 1. The first-order valence-electron chi connectivity index (χ1n) is 5.73. The van der Waals surface area contributed by atoms with Crippen LogP contribution >= 0.6 is 11.3 Å². The number of benzene rings is 1. The van der Waals surface area contributed by atoms with Crippen LogP contribution in [0.5, 0.6) is 0 Å². The van der Waals surface area contributed by atoms with Crippen molar-refractivity contribution >= 4 is 27.3 Å². The van der Waals surface area contributed by atoms with Crippen molar-refractivity contribution in [3.05, 3.63) is 29.3 Å². The first-order chi connectivity index (χ1) is 8.08. The molecule has 0 saturated heterocycles. The summed E-state index contributed by atoms with van der Waals surface area (Å²) < 4.78 is 1.03. The Kier molecular flexibility index (Phi) is 3.54. The number of thiazole rings is 1. The minimum absolute atomic E-state index is 0.0418. The zero-order chi connectivity index (χ0) is 12.4. The summed E-state index contributed by atoms with van der Waals surface area (Å²) in [6.07, 6.45) is 0.703. The van der Waals surface area contributed by atoms with Crippen molar-refractivity contribution in [3.8, 4) is 0 Å². The average molecular weight is 248 g/mol. The average Bonchev–Trinajstić information content (AvgIpc) is 2.70. The van der Waals surface area contributed by atoms with E-state index in [9.17, 15) is 4.79 Å². The van der Waals surface area contributed by atoms with E-state index in [4.69, 9.17) is 5.73 Å². The summed E-state index contributed by atoms with van der Waals surface area (Å²) in [6, 6.07) is 7.32. The van der Waals surface area contributed by atoms with Crippen molar-refractivity contribution < 1.29 is 4.79 Å². The molecule has 1 aromatic heterocycles. The van der Waals surface area contributed by atoms with Crippen LogP contribution in [0.25, 0.3) is 10.2 Å². The Bertz CT molecular complexity index is 500. The van der Waals surface area contributed by atoms with Gasteiger partial charge in [0.1, 0.15) is 0 Å². The van der Waals surface area contributed by atoms with E-state index in [1.54, 1.807) is 0 Å². The van der Waals surface area contributed by atoms with E-state index in [1.165, 1.54) is 11.3 Å². The van der Waals surface area contributed by atoms with Gasteiger partial charge in [0.15, 0.2) is 5.01 Å². The largest absolute Gasteiger partial charge is 0.321 e. The predicted octanol–water partition coefficient (Wildman–Crippen LogP) is 2.85. The van der Waals surface area contributed by atoms with Gasteiger partial charge >= 0.3 is 0 Å². The second-order valence-electron chi connectivity index (χ2n) is 4.59. The highest BCUT2D eigenvalue weighted by Gasteiger charge is 2.20. The van der Waals surface area contributed by atoms with Gasteiger partial charge in [0.05, 0.1) is 16.3 Å². The summed E-state index contributed by atoms with van der Waals surface area (Å²) >= 11 is 1.42. The van der Waals surface area contributed by atoms with Gasteiger partial charge in [0.25, 0.3) is 0 Å². The third-order valence-corrected chi connectivity index (χ3v) is 3.62. The predicted molar refractivity (Wildman–Crippen MR) is 71.4 cm³/mol. The molecular weight excluding hydrogens is 232 g/mol. The number of para-hydroxylation sites is 1. The van der Waals surface area contributed by atoms with Crippen LogP contribution in [0.4, 0.5) is 0 Å². The van der Waals surface area contributed by atoms with Gasteiger partial charge in [-0.15, -0.1) is 11.3 Å². The van der Waals surface area contributed by atoms with Gasteiger partial charge in [-0.05, 0) is 24.5 Å². The standard InChI is InChI=1S/C13H16N2OS/c1-8(2)7-9(14)12(16)13-15-10-5-3-4-6-11(10)17-13/h3-6,8-9H,7,14H2,1-2H3/t9-/m0/s1. The molecule has 0 saturated carbocycles. The molecule has 0 radical (unpaired) electrons. The van der Waals surface area contributed by atoms with Crippen LogP contribution < -0.4 is 5.73 Å². The summed E-state index contributed by atoms with van der Waals surface area (Å²) in [5, 5.41) is 0.527. The van der Waals surface area contributed by atoms with Crippen LogP contribution in [0.3, 0.4) is 0 Å². The van der Waals surface area contributed by atoms with Crippen molar-refractivity contribution in [2.45, 2.75) is 26.3 Å². The fourth-order valence-electron chi connectivity index (χ4n) is 1.75. The topological polar surface area (TPSA) is 56.0 Å². The quantitative estimate of drug-likeness (QED) is 0.846. The van der Waals surface area contributed by atoms with Crippen LogP contribution in [0.1, 0.15) is 30.1 Å². The summed E-state index contributed by atoms with van der Waals surface area (Å²) in [7, 11) is 0. The second kappa shape index (κ2) is 4.94. The van der Waals surface area contributed by atoms with Gasteiger partial charge in [-0.25, -0.2) is 4.98 Å². The summed E-state index contributed by atoms with van der Waals surface area (Å²) in [5.74, 6) is 0.378. The Balaban J connectivity index is 2.24. The number of fused-ring (bicyclic) bond motifs is 1. The number of aromatic nitrogens is 1. The molecule has 1 atom stereocenters. The molecule has 0 spiro atoms. The molecule has 0 bridgehead atoms. The number of carbonyl (C=O) groups is 1. The first-order valence-corrected chi connectivity index (χ1v) is 6.55.